The number of hydrogen-bond acceptors (Lipinski definition) is 5. The van der Waals surface area contributed by atoms with Crippen molar-refractivity contribution in [1.29, 1.82) is 0 Å². The van der Waals surface area contributed by atoms with Gasteiger partial charge in [0, 0.05) is 16.6 Å². The third kappa shape index (κ3) is 3.29. The average Bonchev–Trinajstić information content (AvgIpc) is 2.96. The maximum absolute atomic E-state index is 5.84. The van der Waals surface area contributed by atoms with Crippen LogP contribution in [0.25, 0.3) is 11.5 Å². The SMILES string of the molecule is Clc1ccc(-c2nnc(OCC3CCCCN3)o2)cc1. The first-order valence-corrected chi connectivity index (χ1v) is 7.15. The quantitative estimate of drug-likeness (QED) is 0.939. The predicted octanol–water partition coefficient (Wildman–Crippen LogP) is 2.91. The predicted molar refractivity (Wildman–Crippen MR) is 75.9 cm³/mol. The summed E-state index contributed by atoms with van der Waals surface area (Å²) in [7, 11) is 0. The van der Waals surface area contributed by atoms with Gasteiger partial charge in [-0.3, -0.25) is 0 Å². The summed E-state index contributed by atoms with van der Waals surface area (Å²) >= 11 is 5.84. The smallest absolute Gasteiger partial charge is 0.414 e. The zero-order valence-electron chi connectivity index (χ0n) is 11.0. The molecule has 1 aromatic carbocycles. The summed E-state index contributed by atoms with van der Waals surface area (Å²) < 4.78 is 11.0. The van der Waals surface area contributed by atoms with Crippen molar-refractivity contribution in [3.05, 3.63) is 29.3 Å². The number of benzene rings is 1. The highest BCUT2D eigenvalue weighted by atomic mass is 35.5. The number of nitrogens with one attached hydrogen (secondary N) is 1. The van der Waals surface area contributed by atoms with Crippen LogP contribution in [0.15, 0.2) is 28.7 Å². The molecular formula is C14H16ClN3O2. The second-order valence-electron chi connectivity index (χ2n) is 4.84. The van der Waals surface area contributed by atoms with Crippen LogP contribution in [0.4, 0.5) is 0 Å². The van der Waals surface area contributed by atoms with E-state index in [2.05, 4.69) is 15.5 Å². The zero-order chi connectivity index (χ0) is 13.8. The van der Waals surface area contributed by atoms with Gasteiger partial charge in [0.1, 0.15) is 6.61 Å². The molecule has 2 heterocycles. The molecule has 0 aliphatic carbocycles. The molecule has 0 saturated carbocycles. The van der Waals surface area contributed by atoms with Crippen molar-refractivity contribution in [2.24, 2.45) is 0 Å². The molecule has 1 N–H and O–H groups in total. The van der Waals surface area contributed by atoms with E-state index >= 15 is 0 Å². The van der Waals surface area contributed by atoms with Crippen molar-refractivity contribution in [1.82, 2.24) is 15.5 Å². The standard InChI is InChI=1S/C14H16ClN3O2/c15-11-6-4-10(5-7-11)13-17-18-14(20-13)19-9-12-3-1-2-8-16-12/h4-7,12,16H,1-3,8-9H2. The summed E-state index contributed by atoms with van der Waals surface area (Å²) in [5, 5.41) is 12.0. The van der Waals surface area contributed by atoms with Crippen molar-refractivity contribution in [2.75, 3.05) is 13.2 Å². The van der Waals surface area contributed by atoms with Gasteiger partial charge in [-0.05, 0) is 43.7 Å². The Hall–Kier alpha value is -1.59. The van der Waals surface area contributed by atoms with E-state index in [0.717, 1.165) is 18.5 Å². The summed E-state index contributed by atoms with van der Waals surface area (Å²) in [6, 6.07) is 7.61. The van der Waals surface area contributed by atoms with Gasteiger partial charge in [0.05, 0.1) is 0 Å². The zero-order valence-corrected chi connectivity index (χ0v) is 11.8. The summed E-state index contributed by atoms with van der Waals surface area (Å²) in [4.78, 5) is 0. The largest absolute Gasteiger partial charge is 0.447 e. The third-order valence-electron chi connectivity index (χ3n) is 3.32. The van der Waals surface area contributed by atoms with Gasteiger partial charge in [-0.15, -0.1) is 5.10 Å². The van der Waals surface area contributed by atoms with Crippen LogP contribution in [0, 0.1) is 0 Å². The second-order valence-corrected chi connectivity index (χ2v) is 5.27. The number of rotatable bonds is 4. The molecule has 6 heteroatoms. The van der Waals surface area contributed by atoms with Crippen LogP contribution in [0.5, 0.6) is 6.08 Å². The summed E-state index contributed by atoms with van der Waals surface area (Å²) in [6.45, 7) is 1.61. The highest BCUT2D eigenvalue weighted by Crippen LogP contribution is 2.22. The Morgan fingerprint density at radius 2 is 2.10 bits per heavy atom. The van der Waals surface area contributed by atoms with Crippen LogP contribution in [0.3, 0.4) is 0 Å². The fourth-order valence-electron chi connectivity index (χ4n) is 2.22. The van der Waals surface area contributed by atoms with Crippen molar-refractivity contribution < 1.29 is 9.15 Å². The Labute approximate surface area is 122 Å². The van der Waals surface area contributed by atoms with Gasteiger partial charge in [-0.25, -0.2) is 0 Å². The maximum Gasteiger partial charge on any atom is 0.414 e. The van der Waals surface area contributed by atoms with E-state index in [0.29, 0.717) is 23.6 Å². The minimum atomic E-state index is 0.210. The number of halogens is 1. The van der Waals surface area contributed by atoms with Crippen molar-refractivity contribution in [3.8, 4) is 17.5 Å². The first-order chi connectivity index (χ1) is 9.81. The van der Waals surface area contributed by atoms with Gasteiger partial charge in [0.25, 0.3) is 5.89 Å². The summed E-state index contributed by atoms with van der Waals surface area (Å²) in [5.74, 6) is 0.438. The van der Waals surface area contributed by atoms with Crippen molar-refractivity contribution in [2.45, 2.75) is 25.3 Å². The van der Waals surface area contributed by atoms with E-state index in [4.69, 9.17) is 20.8 Å². The fraction of sp³-hybridized carbons (Fsp3) is 0.429. The molecule has 1 aliphatic heterocycles. The average molecular weight is 294 g/mol. The lowest BCUT2D eigenvalue weighted by Gasteiger charge is -2.22. The van der Waals surface area contributed by atoms with E-state index in [9.17, 15) is 0 Å². The normalized spacial score (nSPS) is 18.9. The van der Waals surface area contributed by atoms with Gasteiger partial charge in [0.2, 0.25) is 0 Å². The lowest BCUT2D eigenvalue weighted by atomic mass is 10.1. The molecule has 0 bridgehead atoms. The van der Waals surface area contributed by atoms with Crippen molar-refractivity contribution in [3.63, 3.8) is 0 Å². The Morgan fingerprint density at radius 3 is 2.85 bits per heavy atom. The van der Waals surface area contributed by atoms with Gasteiger partial charge < -0.3 is 14.5 Å². The fourth-order valence-corrected chi connectivity index (χ4v) is 2.34. The minimum Gasteiger partial charge on any atom is -0.447 e. The van der Waals surface area contributed by atoms with Crippen LogP contribution < -0.4 is 10.1 Å². The molecule has 1 fully saturated rings. The number of piperidine rings is 1. The monoisotopic (exact) mass is 293 g/mol. The Morgan fingerprint density at radius 1 is 1.25 bits per heavy atom. The molecule has 0 amide bonds. The minimum absolute atomic E-state index is 0.210. The van der Waals surface area contributed by atoms with Crippen LogP contribution in [-0.2, 0) is 0 Å². The van der Waals surface area contributed by atoms with Crippen LogP contribution in [0.2, 0.25) is 5.02 Å². The summed E-state index contributed by atoms with van der Waals surface area (Å²) in [6.07, 6.45) is 3.80. The van der Waals surface area contributed by atoms with E-state index in [1.54, 1.807) is 12.1 Å². The molecular weight excluding hydrogens is 278 g/mol. The molecule has 1 aromatic heterocycles. The lowest BCUT2D eigenvalue weighted by molar-refractivity contribution is 0.188. The molecule has 20 heavy (non-hydrogen) atoms. The molecule has 2 aromatic rings. The molecule has 5 nitrogen and oxygen atoms in total. The Balaban J connectivity index is 1.60. The highest BCUT2D eigenvalue weighted by Gasteiger charge is 2.15. The van der Waals surface area contributed by atoms with Crippen molar-refractivity contribution >= 4 is 11.6 Å². The molecule has 1 aliphatic rings. The molecule has 1 atom stereocenters. The van der Waals surface area contributed by atoms with Gasteiger partial charge >= 0.3 is 6.08 Å². The van der Waals surface area contributed by atoms with Gasteiger partial charge in [0.15, 0.2) is 0 Å². The number of hydrogen-bond donors (Lipinski definition) is 1. The van der Waals surface area contributed by atoms with E-state index < -0.39 is 0 Å². The Kier molecular flexibility index (Phi) is 4.18. The third-order valence-corrected chi connectivity index (χ3v) is 3.57. The highest BCUT2D eigenvalue weighted by molar-refractivity contribution is 6.30. The van der Waals surface area contributed by atoms with E-state index in [-0.39, 0.29) is 6.08 Å². The number of aromatic nitrogens is 2. The molecule has 1 unspecified atom stereocenters. The number of nitrogens with zero attached hydrogens (tertiary/aromatic N) is 2. The molecule has 106 valence electrons. The summed E-state index contributed by atoms with van der Waals surface area (Å²) in [5.41, 5.74) is 0.826. The lowest BCUT2D eigenvalue weighted by Crippen LogP contribution is -2.38. The molecule has 1 saturated heterocycles. The van der Waals surface area contributed by atoms with Crippen LogP contribution in [0.1, 0.15) is 19.3 Å². The topological polar surface area (TPSA) is 60.2 Å². The van der Waals surface area contributed by atoms with E-state index in [1.165, 1.54) is 12.8 Å². The first kappa shape index (κ1) is 13.4. The Bertz CT molecular complexity index is 550. The molecule has 0 radical (unpaired) electrons. The van der Waals surface area contributed by atoms with Crippen LogP contribution in [-0.4, -0.2) is 29.4 Å². The van der Waals surface area contributed by atoms with Gasteiger partial charge in [-0.1, -0.05) is 23.1 Å². The maximum atomic E-state index is 5.84. The number of ether oxygens (including phenoxy) is 1. The first-order valence-electron chi connectivity index (χ1n) is 6.77. The van der Waals surface area contributed by atoms with E-state index in [1.807, 2.05) is 12.1 Å². The molecule has 3 rings (SSSR count). The second kappa shape index (κ2) is 6.24. The van der Waals surface area contributed by atoms with Gasteiger partial charge in [-0.2, -0.15) is 0 Å². The van der Waals surface area contributed by atoms with Crippen LogP contribution >= 0.6 is 11.6 Å². The molecule has 0 spiro atoms.